The minimum Gasteiger partial charge on any atom is -0.320 e. The molecule has 0 fully saturated rings. The third-order valence-corrected chi connectivity index (χ3v) is 5.37. The molecule has 4 heteroatoms. The van der Waals surface area contributed by atoms with E-state index >= 15 is 0 Å². The number of rotatable bonds is 2. The first-order valence-electron chi connectivity index (χ1n) is 5.26. The molecule has 0 radical (unpaired) electrons. The average molecular weight is 331 g/mol. The molecule has 0 aliphatic rings. The van der Waals surface area contributed by atoms with Crippen LogP contribution in [0.15, 0.2) is 28.7 Å². The third-order valence-electron chi connectivity index (χ3n) is 2.72. The largest absolute Gasteiger partial charge is 0.320 e. The van der Waals surface area contributed by atoms with E-state index in [0.29, 0.717) is 0 Å². The van der Waals surface area contributed by atoms with Crippen molar-refractivity contribution < 1.29 is 0 Å². The van der Waals surface area contributed by atoms with Gasteiger partial charge in [0, 0.05) is 19.2 Å². The zero-order valence-corrected chi connectivity index (χ0v) is 12.8. The smallest absolute Gasteiger partial charge is 0.0646 e. The highest BCUT2D eigenvalue weighted by Gasteiger charge is 2.13. The molecule has 0 saturated carbocycles. The lowest BCUT2D eigenvalue weighted by Gasteiger charge is -2.11. The average Bonchev–Trinajstić information content (AvgIpc) is 2.62. The number of hydrogen-bond donors (Lipinski definition) is 1. The lowest BCUT2D eigenvalue weighted by atomic mass is 10.0. The maximum Gasteiger partial charge on any atom is 0.0646 e. The van der Waals surface area contributed by atoms with Crippen LogP contribution in [0.1, 0.15) is 26.9 Å². The second-order valence-electron chi connectivity index (χ2n) is 4.04. The van der Waals surface area contributed by atoms with Crippen LogP contribution in [0.25, 0.3) is 0 Å². The van der Waals surface area contributed by atoms with Gasteiger partial charge in [0.2, 0.25) is 0 Å². The molecule has 0 aliphatic heterocycles. The van der Waals surface area contributed by atoms with Crippen molar-refractivity contribution in [2.24, 2.45) is 5.73 Å². The molecule has 2 aromatic rings. The second kappa shape index (κ2) is 5.11. The fraction of sp³-hybridized carbons (Fsp3) is 0.231. The highest BCUT2D eigenvalue weighted by molar-refractivity contribution is 9.10. The Kier molecular flexibility index (Phi) is 3.93. The summed E-state index contributed by atoms with van der Waals surface area (Å²) in [4.78, 5) is 2.41. The quantitative estimate of drug-likeness (QED) is 0.838. The van der Waals surface area contributed by atoms with E-state index in [1.807, 2.05) is 19.1 Å². The molecule has 2 rings (SSSR count). The predicted octanol–water partition coefficient (Wildman–Crippen LogP) is 4.83. The topological polar surface area (TPSA) is 26.0 Å². The van der Waals surface area contributed by atoms with Crippen LogP contribution < -0.4 is 5.73 Å². The molecule has 1 aromatic heterocycles. The lowest BCUT2D eigenvalue weighted by molar-refractivity contribution is 0.891. The Bertz CT molecular complexity index is 531. The SMILES string of the molecule is Cc1cc(C(N)c2cc(Br)c(C)s2)ccc1Cl. The summed E-state index contributed by atoms with van der Waals surface area (Å²) < 4.78 is 1.12. The van der Waals surface area contributed by atoms with Gasteiger partial charge >= 0.3 is 0 Å². The molecule has 0 amide bonds. The Hall–Kier alpha value is -0.350. The summed E-state index contributed by atoms with van der Waals surface area (Å²) in [6, 6.07) is 7.95. The van der Waals surface area contributed by atoms with E-state index in [2.05, 4.69) is 35.0 Å². The highest BCUT2D eigenvalue weighted by atomic mass is 79.9. The minimum absolute atomic E-state index is 0.0824. The van der Waals surface area contributed by atoms with E-state index in [0.717, 1.165) is 25.5 Å². The Morgan fingerprint density at radius 1 is 1.29 bits per heavy atom. The van der Waals surface area contributed by atoms with Crippen LogP contribution in [0.4, 0.5) is 0 Å². The van der Waals surface area contributed by atoms with Crippen molar-refractivity contribution >= 4 is 38.9 Å². The van der Waals surface area contributed by atoms with Gasteiger partial charge in [0.15, 0.2) is 0 Å². The molecular formula is C13H13BrClNS. The van der Waals surface area contributed by atoms with Crippen LogP contribution in [-0.4, -0.2) is 0 Å². The molecule has 1 unspecified atom stereocenters. The summed E-state index contributed by atoms with van der Waals surface area (Å²) in [6.45, 7) is 4.08. The van der Waals surface area contributed by atoms with Gasteiger partial charge in [-0.2, -0.15) is 0 Å². The molecule has 1 atom stereocenters. The molecule has 1 aromatic carbocycles. The molecule has 2 N–H and O–H groups in total. The molecule has 0 saturated heterocycles. The van der Waals surface area contributed by atoms with Crippen LogP contribution in [0.5, 0.6) is 0 Å². The fourth-order valence-corrected chi connectivity index (χ4v) is 3.37. The molecular weight excluding hydrogens is 318 g/mol. The van der Waals surface area contributed by atoms with E-state index in [4.69, 9.17) is 17.3 Å². The van der Waals surface area contributed by atoms with Gasteiger partial charge in [-0.1, -0.05) is 23.7 Å². The molecule has 0 aliphatic carbocycles. The zero-order chi connectivity index (χ0) is 12.6. The van der Waals surface area contributed by atoms with Gasteiger partial charge in [0.25, 0.3) is 0 Å². The van der Waals surface area contributed by atoms with Crippen molar-refractivity contribution in [3.8, 4) is 0 Å². The van der Waals surface area contributed by atoms with E-state index in [1.54, 1.807) is 11.3 Å². The van der Waals surface area contributed by atoms with Crippen molar-refractivity contribution in [3.05, 3.63) is 54.6 Å². The Labute approximate surface area is 119 Å². The first kappa shape index (κ1) is 13.1. The standard InChI is InChI=1S/C13H13BrClNS/c1-7-5-9(3-4-11(7)15)13(16)12-6-10(14)8(2)17-12/h3-6,13H,16H2,1-2H3. The van der Waals surface area contributed by atoms with Crippen molar-refractivity contribution in [2.75, 3.05) is 0 Å². The van der Waals surface area contributed by atoms with Gasteiger partial charge in [0.1, 0.15) is 0 Å². The van der Waals surface area contributed by atoms with Crippen molar-refractivity contribution in [3.63, 3.8) is 0 Å². The van der Waals surface area contributed by atoms with E-state index in [9.17, 15) is 0 Å². The Morgan fingerprint density at radius 3 is 2.53 bits per heavy atom. The first-order valence-corrected chi connectivity index (χ1v) is 7.25. The first-order chi connectivity index (χ1) is 7.99. The maximum atomic E-state index is 6.26. The Morgan fingerprint density at radius 2 is 2.00 bits per heavy atom. The molecule has 1 heterocycles. The molecule has 90 valence electrons. The summed E-state index contributed by atoms with van der Waals surface area (Å²) >= 11 is 11.3. The summed E-state index contributed by atoms with van der Waals surface area (Å²) in [7, 11) is 0. The van der Waals surface area contributed by atoms with Crippen LogP contribution in [0.2, 0.25) is 5.02 Å². The number of halogens is 2. The fourth-order valence-electron chi connectivity index (χ4n) is 1.66. The van der Waals surface area contributed by atoms with Crippen molar-refractivity contribution in [2.45, 2.75) is 19.9 Å². The molecule has 0 bridgehead atoms. The lowest BCUT2D eigenvalue weighted by Crippen LogP contribution is -2.10. The normalized spacial score (nSPS) is 12.8. The monoisotopic (exact) mass is 329 g/mol. The van der Waals surface area contributed by atoms with E-state index in [-0.39, 0.29) is 6.04 Å². The predicted molar refractivity (Wildman–Crippen MR) is 79.0 cm³/mol. The van der Waals surface area contributed by atoms with Crippen molar-refractivity contribution in [1.82, 2.24) is 0 Å². The minimum atomic E-state index is -0.0824. The Balaban J connectivity index is 2.36. The van der Waals surface area contributed by atoms with Crippen molar-refractivity contribution in [1.29, 1.82) is 0 Å². The van der Waals surface area contributed by atoms with Gasteiger partial charge in [-0.3, -0.25) is 0 Å². The van der Waals surface area contributed by atoms with Gasteiger partial charge in [-0.05, 0) is 53.0 Å². The van der Waals surface area contributed by atoms with Gasteiger partial charge < -0.3 is 5.73 Å². The summed E-state index contributed by atoms with van der Waals surface area (Å²) in [5, 5.41) is 0.782. The van der Waals surface area contributed by atoms with Crippen LogP contribution in [0, 0.1) is 13.8 Å². The second-order valence-corrected chi connectivity index (χ2v) is 6.59. The van der Waals surface area contributed by atoms with Gasteiger partial charge in [-0.25, -0.2) is 0 Å². The van der Waals surface area contributed by atoms with Gasteiger partial charge in [0.05, 0.1) is 6.04 Å². The highest BCUT2D eigenvalue weighted by Crippen LogP contribution is 2.33. The van der Waals surface area contributed by atoms with Gasteiger partial charge in [-0.15, -0.1) is 11.3 Å². The maximum absolute atomic E-state index is 6.26. The third kappa shape index (κ3) is 2.74. The number of hydrogen-bond acceptors (Lipinski definition) is 2. The van der Waals surface area contributed by atoms with Crippen LogP contribution in [0.3, 0.4) is 0 Å². The van der Waals surface area contributed by atoms with Crippen LogP contribution in [-0.2, 0) is 0 Å². The summed E-state index contributed by atoms with van der Waals surface area (Å²) in [6.07, 6.45) is 0. The number of aryl methyl sites for hydroxylation is 2. The zero-order valence-electron chi connectivity index (χ0n) is 9.63. The van der Waals surface area contributed by atoms with E-state index in [1.165, 1.54) is 4.88 Å². The number of thiophene rings is 1. The molecule has 17 heavy (non-hydrogen) atoms. The molecule has 1 nitrogen and oxygen atoms in total. The molecule has 0 spiro atoms. The summed E-state index contributed by atoms with van der Waals surface area (Å²) in [5.74, 6) is 0. The van der Waals surface area contributed by atoms with Crippen LogP contribution >= 0.6 is 38.9 Å². The van der Waals surface area contributed by atoms with E-state index < -0.39 is 0 Å². The number of nitrogens with two attached hydrogens (primary N) is 1. The number of benzene rings is 1. The summed E-state index contributed by atoms with van der Waals surface area (Å²) in [5.41, 5.74) is 8.42.